The van der Waals surface area contributed by atoms with E-state index in [0.717, 1.165) is 6.66 Å². The van der Waals surface area contributed by atoms with Gasteiger partial charge in [0.15, 0.2) is 0 Å². The van der Waals surface area contributed by atoms with Gasteiger partial charge < -0.3 is 24.2 Å². The van der Waals surface area contributed by atoms with Gasteiger partial charge in [0, 0.05) is 18.6 Å². The fraction of sp³-hybridized carbons (Fsp3) is 1.00. The van der Waals surface area contributed by atoms with Gasteiger partial charge in [-0.3, -0.25) is 4.57 Å². The van der Waals surface area contributed by atoms with Crippen LogP contribution in [-0.2, 0) is 22.7 Å². The Morgan fingerprint density at radius 2 is 1.94 bits per heavy atom. The van der Waals surface area contributed by atoms with Gasteiger partial charge in [-0.25, -0.2) is 8.88 Å². The summed E-state index contributed by atoms with van der Waals surface area (Å²) < 4.78 is 36.0. The minimum absolute atomic E-state index is 0.322. The molecule has 0 aliphatic carbocycles. The molecule has 1 aliphatic heterocycles. The van der Waals surface area contributed by atoms with E-state index in [1.165, 1.54) is 0 Å². The lowest BCUT2D eigenvalue weighted by molar-refractivity contribution is -0.000219. The second kappa shape index (κ2) is 5.73. The first-order chi connectivity index (χ1) is 8.02. The Balaban J connectivity index is 2.51. The number of aliphatic hydroxyl groups excluding tert-OH is 1. The van der Waals surface area contributed by atoms with Crippen LogP contribution in [0, 0.1) is 5.92 Å². The lowest BCUT2D eigenvalue weighted by Gasteiger charge is -2.19. The molecule has 1 heterocycles. The molecule has 1 saturated heterocycles. The molecular weight excluding hydrogens is 285 g/mol. The van der Waals surface area contributed by atoms with Crippen molar-refractivity contribution < 1.29 is 37.6 Å². The summed E-state index contributed by atoms with van der Waals surface area (Å²) in [5.41, 5.74) is 0. The van der Waals surface area contributed by atoms with E-state index >= 15 is 0 Å². The maximum absolute atomic E-state index is 11.6. The maximum Gasteiger partial charge on any atom is 0.476 e. The molecule has 1 aliphatic rings. The van der Waals surface area contributed by atoms with Gasteiger partial charge in [0.2, 0.25) is 0 Å². The van der Waals surface area contributed by atoms with Crippen molar-refractivity contribution in [2.45, 2.75) is 25.1 Å². The third-order valence-corrected chi connectivity index (χ3v) is 5.15. The Morgan fingerprint density at radius 1 is 1.39 bits per heavy atom. The Labute approximate surface area is 106 Å². The van der Waals surface area contributed by atoms with Gasteiger partial charge in [0.1, 0.15) is 14.0 Å². The highest BCUT2D eigenvalue weighted by Crippen LogP contribution is 2.58. The predicted octanol–water partition coefficient (Wildman–Crippen LogP) is -0.174. The first-order valence-corrected chi connectivity index (χ1v) is 8.62. The van der Waals surface area contributed by atoms with Gasteiger partial charge in [-0.05, 0) is 0 Å². The molecule has 2 unspecified atom stereocenters. The SMILES string of the molecule is [B][C@@H]1OC(COP(C)(=O)OP(=O)(O)O)[C@@H](O)[C@H]1C. The van der Waals surface area contributed by atoms with Crippen LogP contribution in [0.1, 0.15) is 6.92 Å². The molecule has 18 heavy (non-hydrogen) atoms. The zero-order valence-corrected chi connectivity index (χ0v) is 11.7. The molecule has 0 aromatic heterocycles. The van der Waals surface area contributed by atoms with E-state index in [4.69, 9.17) is 26.9 Å². The molecule has 2 radical (unpaired) electrons. The topological polar surface area (TPSA) is 123 Å². The van der Waals surface area contributed by atoms with E-state index < -0.39 is 33.6 Å². The van der Waals surface area contributed by atoms with Crippen molar-refractivity contribution in [1.29, 1.82) is 0 Å². The number of hydrogen-bond donors (Lipinski definition) is 3. The summed E-state index contributed by atoms with van der Waals surface area (Å²) in [7, 11) is -3.29. The number of aliphatic hydroxyl groups is 1. The number of phosphoric acid groups is 1. The quantitative estimate of drug-likeness (QED) is 0.472. The molecule has 0 aromatic carbocycles. The van der Waals surface area contributed by atoms with Gasteiger partial charge in [-0.15, -0.1) is 0 Å². The lowest BCUT2D eigenvalue weighted by atomic mass is 9.86. The molecule has 3 N–H and O–H groups in total. The lowest BCUT2D eigenvalue weighted by Crippen LogP contribution is -2.29. The minimum atomic E-state index is -4.90. The smallest absolute Gasteiger partial charge is 0.390 e. The van der Waals surface area contributed by atoms with Crippen LogP contribution in [0.5, 0.6) is 0 Å². The molecule has 11 heteroatoms. The van der Waals surface area contributed by atoms with Gasteiger partial charge in [-0.1, -0.05) is 6.92 Å². The molecule has 0 bridgehead atoms. The van der Waals surface area contributed by atoms with E-state index in [1.807, 2.05) is 0 Å². The highest BCUT2D eigenvalue weighted by atomic mass is 31.3. The summed E-state index contributed by atoms with van der Waals surface area (Å²) in [5, 5.41) is 9.69. The molecule has 0 amide bonds. The largest absolute Gasteiger partial charge is 0.476 e. The first-order valence-electron chi connectivity index (χ1n) is 5.10. The molecule has 5 atom stereocenters. The average Bonchev–Trinajstić information content (AvgIpc) is 2.39. The predicted molar refractivity (Wildman–Crippen MR) is 62.2 cm³/mol. The van der Waals surface area contributed by atoms with Crippen molar-refractivity contribution in [3.8, 4) is 0 Å². The second-order valence-corrected chi connectivity index (χ2v) is 7.56. The number of ether oxygens (including phenoxy) is 1. The Morgan fingerprint density at radius 3 is 2.33 bits per heavy atom. The Kier molecular flexibility index (Phi) is 5.20. The van der Waals surface area contributed by atoms with Crippen LogP contribution in [0.4, 0.5) is 0 Å². The highest BCUT2D eigenvalue weighted by Gasteiger charge is 2.39. The minimum Gasteiger partial charge on any atom is -0.390 e. The Hall–Kier alpha value is 0.285. The second-order valence-electron chi connectivity index (χ2n) is 4.13. The van der Waals surface area contributed by atoms with Crippen LogP contribution in [0.2, 0.25) is 0 Å². The van der Waals surface area contributed by atoms with Crippen LogP contribution in [-0.4, -0.2) is 54.2 Å². The fourth-order valence-corrected chi connectivity index (χ4v) is 3.65. The van der Waals surface area contributed by atoms with Crippen LogP contribution >= 0.6 is 15.4 Å². The van der Waals surface area contributed by atoms with E-state index in [0.29, 0.717) is 0 Å². The molecule has 1 fully saturated rings. The van der Waals surface area contributed by atoms with Crippen molar-refractivity contribution in [1.82, 2.24) is 0 Å². The summed E-state index contributed by atoms with van der Waals surface area (Å²) in [6.45, 7) is 2.25. The number of rotatable bonds is 5. The van der Waals surface area contributed by atoms with E-state index in [9.17, 15) is 14.2 Å². The molecule has 0 saturated carbocycles. The zero-order chi connectivity index (χ0) is 14.1. The molecule has 104 valence electrons. The molecule has 1 rings (SSSR count). The van der Waals surface area contributed by atoms with Gasteiger partial charge in [-0.2, -0.15) is 0 Å². The summed E-state index contributed by atoms with van der Waals surface area (Å²) in [6, 6.07) is -0.674. The zero-order valence-electron chi connectivity index (χ0n) is 9.87. The van der Waals surface area contributed by atoms with E-state index in [1.54, 1.807) is 6.92 Å². The van der Waals surface area contributed by atoms with Gasteiger partial charge >= 0.3 is 15.4 Å². The van der Waals surface area contributed by atoms with Crippen molar-refractivity contribution in [3.05, 3.63) is 0 Å². The molecule has 0 aromatic rings. The van der Waals surface area contributed by atoms with Crippen molar-refractivity contribution in [2.75, 3.05) is 13.3 Å². The third-order valence-electron chi connectivity index (χ3n) is 2.50. The highest BCUT2D eigenvalue weighted by molar-refractivity contribution is 7.63. The van der Waals surface area contributed by atoms with Crippen molar-refractivity contribution in [3.63, 3.8) is 0 Å². The fourth-order valence-electron chi connectivity index (χ4n) is 1.50. The van der Waals surface area contributed by atoms with Crippen LogP contribution < -0.4 is 0 Å². The van der Waals surface area contributed by atoms with Crippen LogP contribution in [0.3, 0.4) is 0 Å². The van der Waals surface area contributed by atoms with Crippen LogP contribution in [0.25, 0.3) is 0 Å². The Bertz CT molecular complexity index is 384. The summed E-state index contributed by atoms with van der Waals surface area (Å²) in [5.74, 6) is -0.322. The molecular formula is C7H15BO8P2. The summed E-state index contributed by atoms with van der Waals surface area (Å²) >= 11 is 0. The normalized spacial score (nSPS) is 36.5. The van der Waals surface area contributed by atoms with E-state index in [-0.39, 0.29) is 12.5 Å². The first kappa shape index (κ1) is 16.3. The molecule has 0 spiro atoms. The summed E-state index contributed by atoms with van der Waals surface area (Å²) in [4.78, 5) is 17.0. The van der Waals surface area contributed by atoms with Crippen molar-refractivity contribution >= 4 is 23.3 Å². The summed E-state index contributed by atoms with van der Waals surface area (Å²) in [6.07, 6.45) is -1.72. The maximum atomic E-state index is 11.6. The van der Waals surface area contributed by atoms with Crippen molar-refractivity contribution in [2.24, 2.45) is 5.92 Å². The van der Waals surface area contributed by atoms with Gasteiger partial charge in [0.05, 0.1) is 12.7 Å². The average molecular weight is 300 g/mol. The van der Waals surface area contributed by atoms with Crippen LogP contribution in [0.15, 0.2) is 0 Å². The van der Waals surface area contributed by atoms with Gasteiger partial charge in [0.25, 0.3) is 0 Å². The monoisotopic (exact) mass is 300 g/mol. The molecule has 8 nitrogen and oxygen atoms in total. The number of hydrogen-bond acceptors (Lipinski definition) is 6. The van der Waals surface area contributed by atoms with E-state index in [2.05, 4.69) is 4.31 Å². The standard InChI is InChI=1S/C7H15BO8P2/c1-4-6(9)5(15-7(4)8)3-14-17(2,10)16-18(11,12)13/h4-7,9H,3H2,1-2H3,(H2,11,12,13)/t4-,5?,6+,7-,17?/m1/s1. The third kappa shape index (κ3) is 4.76.